The number of hydrogen-bond donors (Lipinski definition) is 1. The highest BCUT2D eigenvalue weighted by molar-refractivity contribution is 8.93. The van der Waals surface area contributed by atoms with Crippen LogP contribution in [0, 0.1) is 21.4 Å². The van der Waals surface area contributed by atoms with Crippen LogP contribution in [0.2, 0.25) is 0 Å². The number of nitrogens with one attached hydrogen (secondary N) is 1. The van der Waals surface area contributed by atoms with Gasteiger partial charge in [-0.15, -0.1) is 17.0 Å². The van der Waals surface area contributed by atoms with E-state index < -0.39 is 0 Å². The van der Waals surface area contributed by atoms with Crippen LogP contribution in [0.5, 0.6) is 0 Å². The molecule has 1 atom stereocenters. The Morgan fingerprint density at radius 3 is 2.32 bits per heavy atom. The van der Waals surface area contributed by atoms with E-state index in [9.17, 15) is 10.1 Å². The lowest BCUT2D eigenvalue weighted by Crippen LogP contribution is -2.41. The number of rotatable bonds is 6. The highest BCUT2D eigenvalue weighted by atomic mass is 79.9. The minimum atomic E-state index is -0.381. The molecule has 31 heavy (non-hydrogen) atoms. The average Bonchev–Trinajstić information content (AvgIpc) is 2.70. The number of nitrogens with zero attached hydrogens (tertiary/aromatic N) is 3. The Morgan fingerprint density at radius 2 is 1.81 bits per heavy atom. The van der Waals surface area contributed by atoms with Crippen molar-refractivity contribution < 1.29 is 4.92 Å². The lowest BCUT2D eigenvalue weighted by atomic mass is 9.71. The Hall–Kier alpha value is -1.60. The third-order valence-corrected chi connectivity index (χ3v) is 6.88. The van der Waals surface area contributed by atoms with Crippen molar-refractivity contribution in [2.24, 2.45) is 16.3 Å². The second-order valence-corrected chi connectivity index (χ2v) is 9.93. The van der Waals surface area contributed by atoms with Gasteiger partial charge >= 0.3 is 0 Å². The average molecular weight is 514 g/mol. The number of aliphatic imine (C=N–C) groups is 1. The lowest BCUT2D eigenvalue weighted by molar-refractivity contribution is -0.384. The van der Waals surface area contributed by atoms with Crippen molar-refractivity contribution in [3.8, 4) is 0 Å². The van der Waals surface area contributed by atoms with E-state index in [1.54, 1.807) is 12.1 Å². The van der Waals surface area contributed by atoms with Gasteiger partial charge in [0.25, 0.3) is 5.69 Å². The van der Waals surface area contributed by atoms with Crippen LogP contribution in [0.25, 0.3) is 0 Å². The van der Waals surface area contributed by atoms with Crippen molar-refractivity contribution in [2.45, 2.75) is 78.4 Å². The molecule has 1 fully saturated rings. The Balaban J connectivity index is 0.00000341. The standard InChI is InChI=1S/C23H33ClN4O2.BrH/c1-5-20-21(24)22(26-18-10-8-17(9-11-18)23(2,3)4)25-15-27(20)14-16-6-12-19(13-7-16)28(29)30;/h6-7,12-13,15,17-18,20,26H,5,8-11,14H2,1-4H3;1H/t17-,18+,20?;. The Morgan fingerprint density at radius 1 is 1.19 bits per heavy atom. The number of non-ortho nitro benzene ring substituents is 1. The fourth-order valence-electron chi connectivity index (χ4n) is 4.48. The van der Waals surface area contributed by atoms with Gasteiger partial charge in [0.05, 0.1) is 22.3 Å². The lowest BCUT2D eigenvalue weighted by Gasteiger charge is -2.38. The summed E-state index contributed by atoms with van der Waals surface area (Å²) in [7, 11) is 0. The second-order valence-electron chi connectivity index (χ2n) is 9.52. The largest absolute Gasteiger partial charge is 0.366 e. The summed E-state index contributed by atoms with van der Waals surface area (Å²) in [6.45, 7) is 9.73. The smallest absolute Gasteiger partial charge is 0.269 e. The maximum Gasteiger partial charge on any atom is 0.269 e. The molecular weight excluding hydrogens is 480 g/mol. The van der Waals surface area contributed by atoms with Gasteiger partial charge in [-0.1, -0.05) is 51.4 Å². The van der Waals surface area contributed by atoms with Crippen molar-refractivity contribution in [2.75, 3.05) is 0 Å². The molecule has 1 aliphatic heterocycles. The van der Waals surface area contributed by atoms with E-state index in [1.165, 1.54) is 25.0 Å². The maximum atomic E-state index is 10.9. The minimum Gasteiger partial charge on any atom is -0.366 e. The van der Waals surface area contributed by atoms with Gasteiger partial charge in [0, 0.05) is 24.7 Å². The third kappa shape index (κ3) is 6.45. The monoisotopic (exact) mass is 512 g/mol. The van der Waals surface area contributed by atoms with Gasteiger partial charge in [-0.25, -0.2) is 4.99 Å². The number of halogens is 2. The maximum absolute atomic E-state index is 10.9. The summed E-state index contributed by atoms with van der Waals surface area (Å²) in [5.74, 6) is 1.57. The van der Waals surface area contributed by atoms with Gasteiger partial charge in [-0.3, -0.25) is 10.1 Å². The quantitative estimate of drug-likeness (QED) is 0.353. The highest BCUT2D eigenvalue weighted by Gasteiger charge is 2.31. The molecule has 1 aromatic carbocycles. The molecule has 1 heterocycles. The number of nitro benzene ring substituents is 1. The molecule has 0 bridgehead atoms. The zero-order valence-corrected chi connectivity index (χ0v) is 21.3. The van der Waals surface area contributed by atoms with Crippen LogP contribution in [0.15, 0.2) is 40.1 Å². The van der Waals surface area contributed by atoms with Crippen LogP contribution in [-0.2, 0) is 6.54 Å². The van der Waals surface area contributed by atoms with Crippen LogP contribution < -0.4 is 5.32 Å². The molecule has 0 radical (unpaired) electrons. The normalized spacial score (nSPS) is 24.0. The first-order valence-electron chi connectivity index (χ1n) is 10.9. The molecule has 1 unspecified atom stereocenters. The minimum absolute atomic E-state index is 0. The van der Waals surface area contributed by atoms with Crippen LogP contribution in [0.3, 0.4) is 0 Å². The Bertz CT molecular complexity index is 812. The predicted octanol–water partition coefficient (Wildman–Crippen LogP) is 6.40. The van der Waals surface area contributed by atoms with Crippen molar-refractivity contribution >= 4 is 40.6 Å². The SMILES string of the molecule is Br.CCC1C(Cl)=C(N[C@H]2CC[C@@H](C(C)(C)C)CC2)N=CN1Cc1ccc([N+](=O)[O-])cc1. The molecule has 1 aromatic rings. The highest BCUT2D eigenvalue weighted by Crippen LogP contribution is 2.38. The molecule has 2 aliphatic rings. The van der Waals surface area contributed by atoms with E-state index in [2.05, 4.69) is 42.9 Å². The molecule has 1 aliphatic carbocycles. The Kier molecular flexibility index (Phi) is 8.95. The number of nitro groups is 1. The zero-order chi connectivity index (χ0) is 21.9. The molecule has 172 valence electrons. The first-order chi connectivity index (χ1) is 14.2. The van der Waals surface area contributed by atoms with E-state index in [1.807, 2.05) is 6.34 Å². The molecular formula is C23H34BrClN4O2. The van der Waals surface area contributed by atoms with Crippen LogP contribution in [0.1, 0.15) is 65.4 Å². The molecule has 8 heteroatoms. The van der Waals surface area contributed by atoms with Crippen LogP contribution in [-0.4, -0.2) is 28.2 Å². The van der Waals surface area contributed by atoms with Crippen molar-refractivity contribution in [3.05, 3.63) is 50.8 Å². The molecule has 1 N–H and O–H groups in total. The van der Waals surface area contributed by atoms with E-state index in [0.717, 1.165) is 41.6 Å². The topological polar surface area (TPSA) is 70.8 Å². The van der Waals surface area contributed by atoms with Gasteiger partial charge in [-0.2, -0.15) is 0 Å². The van der Waals surface area contributed by atoms with Gasteiger partial charge < -0.3 is 10.2 Å². The molecule has 0 spiro atoms. The molecule has 3 rings (SSSR count). The molecule has 6 nitrogen and oxygen atoms in total. The predicted molar refractivity (Wildman–Crippen MR) is 133 cm³/mol. The van der Waals surface area contributed by atoms with Gasteiger partial charge in [0.2, 0.25) is 0 Å². The third-order valence-electron chi connectivity index (χ3n) is 6.45. The first kappa shape index (κ1) is 25.7. The summed E-state index contributed by atoms with van der Waals surface area (Å²) in [6.07, 6.45) is 7.48. The fourth-order valence-corrected chi connectivity index (χ4v) is 4.86. The second kappa shape index (κ2) is 10.8. The molecule has 0 amide bonds. The van der Waals surface area contributed by atoms with Gasteiger partial charge in [-0.05, 0) is 49.0 Å². The van der Waals surface area contributed by atoms with E-state index in [0.29, 0.717) is 18.0 Å². The van der Waals surface area contributed by atoms with Crippen molar-refractivity contribution in [3.63, 3.8) is 0 Å². The summed E-state index contributed by atoms with van der Waals surface area (Å²) < 4.78 is 0. The van der Waals surface area contributed by atoms with Gasteiger partial charge in [0.1, 0.15) is 5.82 Å². The van der Waals surface area contributed by atoms with Gasteiger partial charge in [0.15, 0.2) is 0 Å². The van der Waals surface area contributed by atoms with E-state index in [-0.39, 0.29) is 33.6 Å². The zero-order valence-electron chi connectivity index (χ0n) is 18.8. The van der Waals surface area contributed by atoms with E-state index >= 15 is 0 Å². The van der Waals surface area contributed by atoms with Crippen molar-refractivity contribution in [1.82, 2.24) is 10.2 Å². The summed E-state index contributed by atoms with van der Waals surface area (Å²) in [5, 5.41) is 15.2. The Labute approximate surface area is 201 Å². The summed E-state index contributed by atoms with van der Waals surface area (Å²) in [5.41, 5.74) is 1.46. The van der Waals surface area contributed by atoms with Crippen LogP contribution >= 0.6 is 28.6 Å². The van der Waals surface area contributed by atoms with E-state index in [4.69, 9.17) is 11.6 Å². The summed E-state index contributed by atoms with van der Waals surface area (Å²) in [4.78, 5) is 17.2. The number of hydrogen-bond acceptors (Lipinski definition) is 5. The molecule has 0 aromatic heterocycles. The fraction of sp³-hybridized carbons (Fsp3) is 0.609. The molecule has 1 saturated carbocycles. The molecule has 0 saturated heterocycles. The number of benzene rings is 1. The first-order valence-corrected chi connectivity index (χ1v) is 11.3. The van der Waals surface area contributed by atoms with Crippen LogP contribution in [0.4, 0.5) is 5.69 Å². The van der Waals surface area contributed by atoms with Crippen molar-refractivity contribution in [1.29, 1.82) is 0 Å². The summed E-state index contributed by atoms with van der Waals surface area (Å²) >= 11 is 6.77. The summed E-state index contributed by atoms with van der Waals surface area (Å²) in [6, 6.07) is 7.12.